The normalized spacial score (nSPS) is 9.95. The highest BCUT2D eigenvalue weighted by atomic mass is 16.5. The molecule has 0 aliphatic rings. The first kappa shape index (κ1) is 12.6. The standard InChI is InChI=1S/C11H10N4O4/c1-19-10(17)6-3-2-4-7(5-6)12-9(16)8-13-11(18)15-14-8/h2-5H,1H3,(H,12,16)(H2,13,14,15,18). The summed E-state index contributed by atoms with van der Waals surface area (Å²) in [6, 6.07) is 6.19. The van der Waals surface area contributed by atoms with Crippen molar-refractivity contribution in [2.75, 3.05) is 12.4 Å². The molecule has 8 heteroatoms. The lowest BCUT2D eigenvalue weighted by atomic mass is 10.2. The van der Waals surface area contributed by atoms with E-state index in [0.717, 1.165) is 0 Å². The van der Waals surface area contributed by atoms with Gasteiger partial charge in [0.1, 0.15) is 0 Å². The molecular weight excluding hydrogens is 252 g/mol. The Morgan fingerprint density at radius 1 is 1.37 bits per heavy atom. The number of methoxy groups -OCH3 is 1. The number of ether oxygens (including phenoxy) is 1. The second-order valence-corrected chi connectivity index (χ2v) is 3.55. The minimum Gasteiger partial charge on any atom is -0.465 e. The van der Waals surface area contributed by atoms with Gasteiger partial charge in [0.15, 0.2) is 0 Å². The minimum atomic E-state index is -0.597. The highest BCUT2D eigenvalue weighted by molar-refractivity contribution is 6.02. The first-order valence-corrected chi connectivity index (χ1v) is 5.24. The average molecular weight is 262 g/mol. The van der Waals surface area contributed by atoms with Crippen LogP contribution in [0.4, 0.5) is 5.69 Å². The first-order chi connectivity index (χ1) is 9.10. The van der Waals surface area contributed by atoms with Crippen molar-refractivity contribution < 1.29 is 14.3 Å². The Balaban J connectivity index is 2.17. The van der Waals surface area contributed by atoms with E-state index < -0.39 is 17.6 Å². The fourth-order valence-corrected chi connectivity index (χ4v) is 1.41. The van der Waals surface area contributed by atoms with Crippen LogP contribution < -0.4 is 11.0 Å². The van der Waals surface area contributed by atoms with Gasteiger partial charge in [0, 0.05) is 5.69 Å². The molecule has 1 heterocycles. The van der Waals surface area contributed by atoms with Crippen molar-refractivity contribution in [3.8, 4) is 0 Å². The van der Waals surface area contributed by atoms with E-state index in [1.807, 2.05) is 0 Å². The molecule has 0 aliphatic carbocycles. The Morgan fingerprint density at radius 3 is 2.79 bits per heavy atom. The highest BCUT2D eigenvalue weighted by Crippen LogP contribution is 2.12. The van der Waals surface area contributed by atoms with Crippen LogP contribution in [-0.4, -0.2) is 34.2 Å². The number of benzene rings is 1. The summed E-state index contributed by atoms with van der Waals surface area (Å²) in [6.45, 7) is 0. The molecule has 1 aromatic heterocycles. The largest absolute Gasteiger partial charge is 0.465 e. The van der Waals surface area contributed by atoms with Crippen LogP contribution >= 0.6 is 0 Å². The van der Waals surface area contributed by atoms with E-state index in [1.165, 1.54) is 13.2 Å². The molecule has 2 aromatic rings. The third-order valence-electron chi connectivity index (χ3n) is 2.26. The van der Waals surface area contributed by atoms with Crippen LogP contribution in [0.2, 0.25) is 0 Å². The van der Waals surface area contributed by atoms with Crippen molar-refractivity contribution in [2.24, 2.45) is 0 Å². The number of amides is 1. The number of nitrogens with zero attached hydrogens (tertiary/aromatic N) is 1. The first-order valence-electron chi connectivity index (χ1n) is 5.24. The van der Waals surface area contributed by atoms with E-state index in [9.17, 15) is 14.4 Å². The zero-order chi connectivity index (χ0) is 13.8. The number of esters is 1. The fourth-order valence-electron chi connectivity index (χ4n) is 1.41. The summed E-state index contributed by atoms with van der Waals surface area (Å²) in [5.74, 6) is -1.25. The maximum atomic E-state index is 11.7. The van der Waals surface area contributed by atoms with Gasteiger partial charge in [0.2, 0.25) is 5.82 Å². The molecule has 0 bridgehead atoms. The quantitative estimate of drug-likeness (QED) is 0.680. The van der Waals surface area contributed by atoms with Gasteiger partial charge in [0.25, 0.3) is 5.91 Å². The number of aromatic amines is 2. The van der Waals surface area contributed by atoms with Gasteiger partial charge in [-0.1, -0.05) is 6.07 Å². The summed E-state index contributed by atoms with van der Waals surface area (Å²) in [5.41, 5.74) is 0.112. The lowest BCUT2D eigenvalue weighted by Crippen LogP contribution is -2.15. The topological polar surface area (TPSA) is 117 Å². The second-order valence-electron chi connectivity index (χ2n) is 3.55. The molecule has 1 aromatic carbocycles. The summed E-state index contributed by atoms with van der Waals surface area (Å²) in [4.78, 5) is 36.1. The van der Waals surface area contributed by atoms with Crippen molar-refractivity contribution in [1.82, 2.24) is 15.2 Å². The number of aromatic nitrogens is 3. The summed E-state index contributed by atoms with van der Waals surface area (Å²) in [7, 11) is 1.27. The molecule has 0 aliphatic heterocycles. The maximum Gasteiger partial charge on any atom is 0.341 e. The van der Waals surface area contributed by atoms with Gasteiger partial charge in [-0.2, -0.15) is 0 Å². The molecule has 0 saturated carbocycles. The molecule has 0 radical (unpaired) electrons. The molecule has 0 unspecified atom stereocenters. The number of anilines is 1. The van der Waals surface area contributed by atoms with E-state index in [-0.39, 0.29) is 5.82 Å². The summed E-state index contributed by atoms with van der Waals surface area (Å²) < 4.78 is 4.57. The van der Waals surface area contributed by atoms with E-state index in [4.69, 9.17) is 0 Å². The van der Waals surface area contributed by atoms with Crippen LogP contribution in [0.3, 0.4) is 0 Å². The molecule has 0 saturated heterocycles. The van der Waals surface area contributed by atoms with Crippen LogP contribution in [-0.2, 0) is 4.74 Å². The van der Waals surface area contributed by atoms with E-state index in [1.54, 1.807) is 18.2 Å². The van der Waals surface area contributed by atoms with Gasteiger partial charge < -0.3 is 10.1 Å². The van der Waals surface area contributed by atoms with Crippen LogP contribution in [0.5, 0.6) is 0 Å². The highest BCUT2D eigenvalue weighted by Gasteiger charge is 2.11. The number of nitrogens with one attached hydrogen (secondary N) is 3. The third kappa shape index (κ3) is 2.86. The van der Waals surface area contributed by atoms with Crippen molar-refractivity contribution in [2.45, 2.75) is 0 Å². The molecule has 3 N–H and O–H groups in total. The van der Waals surface area contributed by atoms with Crippen molar-refractivity contribution >= 4 is 17.6 Å². The monoisotopic (exact) mass is 262 g/mol. The molecule has 0 fully saturated rings. The summed E-state index contributed by atoms with van der Waals surface area (Å²) in [5, 5.41) is 8.06. The van der Waals surface area contributed by atoms with Crippen LogP contribution in [0.25, 0.3) is 0 Å². The number of hydrogen-bond acceptors (Lipinski definition) is 5. The van der Waals surface area contributed by atoms with E-state index >= 15 is 0 Å². The van der Waals surface area contributed by atoms with E-state index in [0.29, 0.717) is 11.3 Å². The number of rotatable bonds is 3. The second kappa shape index (κ2) is 5.17. The van der Waals surface area contributed by atoms with Crippen molar-refractivity contribution in [1.29, 1.82) is 0 Å². The molecule has 0 atom stereocenters. The Bertz CT molecular complexity index is 673. The van der Waals surface area contributed by atoms with Gasteiger partial charge in [-0.3, -0.25) is 9.78 Å². The van der Waals surface area contributed by atoms with Gasteiger partial charge in [-0.05, 0) is 18.2 Å². The van der Waals surface area contributed by atoms with Gasteiger partial charge in [-0.15, -0.1) is 5.10 Å². The van der Waals surface area contributed by atoms with Crippen LogP contribution in [0.15, 0.2) is 29.1 Å². The smallest absolute Gasteiger partial charge is 0.341 e. The molecular formula is C11H10N4O4. The summed E-state index contributed by atoms with van der Waals surface area (Å²) >= 11 is 0. The van der Waals surface area contributed by atoms with Crippen molar-refractivity contribution in [3.05, 3.63) is 46.1 Å². The number of carbonyl (C=O) groups is 2. The SMILES string of the molecule is COC(=O)c1cccc(NC(=O)c2n[nH]c(=O)[nH]2)c1. The number of hydrogen-bond donors (Lipinski definition) is 3. The van der Waals surface area contributed by atoms with Crippen LogP contribution in [0.1, 0.15) is 21.0 Å². The predicted molar refractivity (Wildman–Crippen MR) is 64.9 cm³/mol. The lowest BCUT2D eigenvalue weighted by molar-refractivity contribution is 0.0600. The zero-order valence-electron chi connectivity index (χ0n) is 9.89. The molecule has 8 nitrogen and oxygen atoms in total. The van der Waals surface area contributed by atoms with Gasteiger partial charge in [0.05, 0.1) is 12.7 Å². The fraction of sp³-hybridized carbons (Fsp3) is 0.0909. The Kier molecular flexibility index (Phi) is 3.42. The summed E-state index contributed by atoms with van der Waals surface area (Å²) in [6.07, 6.45) is 0. The van der Waals surface area contributed by atoms with Crippen LogP contribution in [0, 0.1) is 0 Å². The third-order valence-corrected chi connectivity index (χ3v) is 2.26. The molecule has 0 spiro atoms. The van der Waals surface area contributed by atoms with Gasteiger partial charge >= 0.3 is 11.7 Å². The maximum absolute atomic E-state index is 11.7. The number of H-pyrrole nitrogens is 2. The zero-order valence-corrected chi connectivity index (χ0v) is 9.89. The Morgan fingerprint density at radius 2 is 2.16 bits per heavy atom. The molecule has 19 heavy (non-hydrogen) atoms. The predicted octanol–water partition coefficient (Wildman–Crippen LogP) is 0.137. The minimum absolute atomic E-state index is 0.145. The lowest BCUT2D eigenvalue weighted by Gasteiger charge is -2.04. The number of carbonyl (C=O) groups excluding carboxylic acids is 2. The molecule has 1 amide bonds. The van der Waals surface area contributed by atoms with Gasteiger partial charge in [-0.25, -0.2) is 14.7 Å². The molecule has 2 rings (SSSR count). The van der Waals surface area contributed by atoms with E-state index in [2.05, 4.69) is 25.2 Å². The van der Waals surface area contributed by atoms with Crippen molar-refractivity contribution in [3.63, 3.8) is 0 Å². The Labute approximate surface area is 106 Å². The average Bonchev–Trinajstić information content (AvgIpc) is 2.85. The molecule has 98 valence electrons. The Hall–Kier alpha value is -2.90.